The Labute approximate surface area is 192 Å². The maximum atomic E-state index is 11.6. The predicted molar refractivity (Wildman–Crippen MR) is 120 cm³/mol. The van der Waals surface area contributed by atoms with Gasteiger partial charge in [-0.25, -0.2) is 0 Å². The lowest BCUT2D eigenvalue weighted by Crippen LogP contribution is -2.35. The van der Waals surface area contributed by atoms with E-state index in [1.54, 1.807) is 13.2 Å². The van der Waals surface area contributed by atoms with Gasteiger partial charge >= 0.3 is 0 Å². The molecule has 0 fully saturated rings. The average Bonchev–Trinajstić information content (AvgIpc) is 2.66. The molecule has 0 unspecified atom stereocenters. The normalized spacial score (nSPS) is 15.2. The van der Waals surface area contributed by atoms with E-state index in [0.717, 1.165) is 33.4 Å². The Bertz CT molecular complexity index is 1140. The van der Waals surface area contributed by atoms with Crippen LogP contribution in [0.3, 0.4) is 0 Å². The van der Waals surface area contributed by atoms with Gasteiger partial charge in [0.2, 0.25) is 0 Å². The summed E-state index contributed by atoms with van der Waals surface area (Å²) in [4.78, 5) is 1.79. The van der Waals surface area contributed by atoms with Crippen molar-refractivity contribution >= 4 is 43.6 Å². The summed E-state index contributed by atoms with van der Waals surface area (Å²) in [7, 11) is -5.73. The summed E-state index contributed by atoms with van der Waals surface area (Å²) >= 11 is 7.84. The zero-order valence-corrected chi connectivity index (χ0v) is 20.5. The molecule has 0 spiro atoms. The summed E-state index contributed by atoms with van der Waals surface area (Å²) in [6.07, 6.45) is 2.51. The predicted octanol–water partition coefficient (Wildman–Crippen LogP) is 3.83. The molecule has 1 aliphatic rings. The van der Waals surface area contributed by atoms with Crippen molar-refractivity contribution in [1.82, 2.24) is 0 Å². The van der Waals surface area contributed by atoms with Gasteiger partial charge in [-0.2, -0.15) is 16.8 Å². The molecule has 0 radical (unpaired) electrons. The first-order valence-electron chi connectivity index (χ1n) is 9.29. The second-order valence-electron chi connectivity index (χ2n) is 7.21. The lowest BCUT2D eigenvalue weighted by Gasteiger charge is -2.41. The molecular weight excluding hydrogens is 484 g/mol. The molecule has 2 aromatic carbocycles. The summed E-state index contributed by atoms with van der Waals surface area (Å²) in [6, 6.07) is 11.1. The van der Waals surface area contributed by atoms with E-state index in [1.165, 1.54) is 11.8 Å². The van der Waals surface area contributed by atoms with Crippen LogP contribution in [0.4, 0.5) is 0 Å². The third kappa shape index (κ3) is 5.74. The highest BCUT2D eigenvalue weighted by Crippen LogP contribution is 2.55. The monoisotopic (exact) mass is 506 g/mol. The number of rotatable bonds is 9. The van der Waals surface area contributed by atoms with Gasteiger partial charge in [-0.1, -0.05) is 35.5 Å². The fourth-order valence-corrected chi connectivity index (χ4v) is 6.07. The van der Waals surface area contributed by atoms with Crippen LogP contribution in [0.2, 0.25) is 5.02 Å². The minimum Gasteiger partial charge on any atom is -0.496 e. The van der Waals surface area contributed by atoms with E-state index in [1.807, 2.05) is 30.3 Å². The third-order valence-corrected chi connectivity index (χ3v) is 7.66. The molecule has 0 N–H and O–H groups in total. The molecule has 31 heavy (non-hydrogen) atoms. The van der Waals surface area contributed by atoms with Crippen LogP contribution >= 0.6 is 23.4 Å². The lowest BCUT2D eigenvalue weighted by molar-refractivity contribution is 0.234. The van der Waals surface area contributed by atoms with Gasteiger partial charge < -0.3 is 4.74 Å². The number of fused-ring (bicyclic) bond motifs is 2. The first-order valence-corrected chi connectivity index (χ1v) is 14.1. The van der Waals surface area contributed by atoms with Crippen LogP contribution in [0, 0.1) is 0 Å². The summed E-state index contributed by atoms with van der Waals surface area (Å²) in [5.74, 6) is 0.667. The first kappa shape index (κ1) is 24.3. The summed E-state index contributed by atoms with van der Waals surface area (Å²) in [6.45, 7) is -0.185. The van der Waals surface area contributed by atoms with Crippen molar-refractivity contribution in [1.29, 1.82) is 0 Å². The van der Waals surface area contributed by atoms with Crippen molar-refractivity contribution < 1.29 is 29.9 Å². The number of hydrogen-bond acceptors (Lipinski definition) is 8. The average molecular weight is 507 g/mol. The Morgan fingerprint density at radius 3 is 2.10 bits per heavy atom. The Balaban J connectivity index is 2.17. The molecule has 1 aliphatic heterocycles. The van der Waals surface area contributed by atoms with Crippen molar-refractivity contribution in [2.75, 3.05) is 32.8 Å². The first-order chi connectivity index (χ1) is 14.5. The van der Waals surface area contributed by atoms with Gasteiger partial charge in [-0.3, -0.25) is 8.37 Å². The van der Waals surface area contributed by atoms with Crippen LogP contribution in [0.25, 0.3) is 0 Å². The minimum absolute atomic E-state index is 0.0923. The van der Waals surface area contributed by atoms with Crippen LogP contribution in [-0.4, -0.2) is 49.7 Å². The molecule has 0 amide bonds. The molecule has 0 aromatic heterocycles. The van der Waals surface area contributed by atoms with Crippen LogP contribution in [0.15, 0.2) is 46.2 Å². The van der Waals surface area contributed by atoms with Gasteiger partial charge in [0.1, 0.15) is 5.75 Å². The van der Waals surface area contributed by atoms with Gasteiger partial charge in [-0.05, 0) is 48.2 Å². The van der Waals surface area contributed by atoms with Crippen LogP contribution in [-0.2, 0) is 34.0 Å². The minimum atomic E-state index is -3.65. The molecule has 0 atom stereocenters. The highest BCUT2D eigenvalue weighted by molar-refractivity contribution is 7.99. The summed E-state index contributed by atoms with van der Waals surface area (Å²) in [5, 5.41) is 0.517. The topological polar surface area (TPSA) is 96.0 Å². The molecule has 11 heteroatoms. The van der Waals surface area contributed by atoms with Crippen molar-refractivity contribution in [3.8, 4) is 5.75 Å². The molecule has 0 aliphatic carbocycles. The van der Waals surface area contributed by atoms with Crippen molar-refractivity contribution in [3.05, 3.63) is 52.5 Å². The van der Waals surface area contributed by atoms with E-state index < -0.39 is 25.7 Å². The Hall–Kier alpha value is -1.30. The zero-order chi connectivity index (χ0) is 22.9. The molecule has 2 aromatic rings. The molecule has 3 rings (SSSR count). The van der Waals surface area contributed by atoms with E-state index in [2.05, 4.69) is 0 Å². The van der Waals surface area contributed by atoms with Crippen LogP contribution in [0.1, 0.15) is 24.0 Å². The Kier molecular flexibility index (Phi) is 7.29. The molecule has 170 valence electrons. The van der Waals surface area contributed by atoms with E-state index >= 15 is 0 Å². The Morgan fingerprint density at radius 1 is 0.935 bits per heavy atom. The summed E-state index contributed by atoms with van der Waals surface area (Å²) in [5.41, 5.74) is 0.936. The van der Waals surface area contributed by atoms with Crippen LogP contribution in [0.5, 0.6) is 5.75 Å². The number of halogens is 1. The molecule has 7 nitrogen and oxygen atoms in total. The number of hydrogen-bond donors (Lipinski definition) is 0. The van der Waals surface area contributed by atoms with E-state index in [4.69, 9.17) is 24.7 Å². The van der Waals surface area contributed by atoms with E-state index in [9.17, 15) is 16.8 Å². The van der Waals surface area contributed by atoms with Gasteiger partial charge in [0.25, 0.3) is 20.2 Å². The summed E-state index contributed by atoms with van der Waals surface area (Å²) < 4.78 is 62.1. The Morgan fingerprint density at radius 2 is 1.55 bits per heavy atom. The molecular formula is C20H23ClO7S3. The standard InChI is InChI=1S/C20H23ClO7S3/c1-26-17-6-4-5-15-19(17)29-18-8-7-14(21)13-16(18)20(15,9-11-27-30(2,22)23)10-12-28-31(3,24)25/h4-8,13H,9-12H2,1-3H3. The van der Waals surface area contributed by atoms with Crippen molar-refractivity contribution in [3.63, 3.8) is 0 Å². The number of methoxy groups -OCH3 is 1. The van der Waals surface area contributed by atoms with Crippen LogP contribution < -0.4 is 4.74 Å². The maximum absolute atomic E-state index is 11.6. The van der Waals surface area contributed by atoms with Gasteiger partial charge in [0.05, 0.1) is 37.7 Å². The number of ether oxygens (including phenoxy) is 1. The van der Waals surface area contributed by atoms with Gasteiger partial charge in [0.15, 0.2) is 0 Å². The van der Waals surface area contributed by atoms with Crippen molar-refractivity contribution in [2.45, 2.75) is 28.0 Å². The quantitative estimate of drug-likeness (QED) is 0.473. The molecule has 0 saturated carbocycles. The van der Waals surface area contributed by atoms with Gasteiger partial charge in [-0.15, -0.1) is 0 Å². The second-order valence-corrected chi connectivity index (χ2v) is 12.0. The molecule has 1 heterocycles. The third-order valence-electron chi connectivity index (χ3n) is 5.04. The number of benzene rings is 2. The highest BCUT2D eigenvalue weighted by Gasteiger charge is 2.42. The van der Waals surface area contributed by atoms with E-state index in [0.29, 0.717) is 10.8 Å². The zero-order valence-electron chi connectivity index (χ0n) is 17.3. The largest absolute Gasteiger partial charge is 0.496 e. The highest BCUT2D eigenvalue weighted by atomic mass is 35.5. The fourth-order valence-electron chi connectivity index (χ4n) is 3.78. The smallest absolute Gasteiger partial charge is 0.264 e. The SMILES string of the molecule is COc1cccc2c1Sc1ccc(Cl)cc1C2(CCOS(C)(=O)=O)CCOS(C)(=O)=O. The van der Waals surface area contributed by atoms with E-state index in [-0.39, 0.29) is 26.1 Å². The van der Waals surface area contributed by atoms with Crippen molar-refractivity contribution in [2.24, 2.45) is 0 Å². The second kappa shape index (κ2) is 9.29. The molecule has 0 saturated heterocycles. The fraction of sp³-hybridized carbons (Fsp3) is 0.400. The maximum Gasteiger partial charge on any atom is 0.264 e. The molecule has 0 bridgehead atoms. The lowest BCUT2D eigenvalue weighted by atomic mass is 9.69. The van der Waals surface area contributed by atoms with Gasteiger partial charge in [0, 0.05) is 15.3 Å².